The Hall–Kier alpha value is -0.521. The fraction of sp³-hybridized carbons (Fsp3) is 0.111. The molecule has 0 aliphatic carbocycles. The Labute approximate surface area is 66.2 Å². The first kappa shape index (κ1) is 6.21. The van der Waals surface area contributed by atoms with Gasteiger partial charge in [-0.05, 0) is 0 Å². The van der Waals surface area contributed by atoms with Gasteiger partial charge in [0.1, 0.15) is 0 Å². The van der Waals surface area contributed by atoms with E-state index < -0.39 is 0 Å². The molecule has 0 aliphatic heterocycles. The van der Waals surface area contributed by atoms with Gasteiger partial charge in [-0.3, -0.25) is 0 Å². The number of aryl methyl sites for hydroxylation is 1. The molecule has 0 radical (unpaired) electrons. The molecule has 0 nitrogen and oxygen atoms in total. The fourth-order valence-corrected chi connectivity index (χ4v) is 2.92. The van der Waals surface area contributed by atoms with Crippen LogP contribution < -0.4 is 0 Å². The summed E-state index contributed by atoms with van der Waals surface area (Å²) in [6.07, 6.45) is 0. The van der Waals surface area contributed by atoms with E-state index in [-0.39, 0.29) is 0 Å². The molecule has 0 spiro atoms. The molecule has 2 rings (SSSR count). The first-order valence-electron chi connectivity index (χ1n) is 3.30. The quantitative estimate of drug-likeness (QED) is 0.565. The van der Waals surface area contributed by atoms with Crippen LogP contribution in [-0.4, -0.2) is 14.5 Å². The van der Waals surface area contributed by atoms with Gasteiger partial charge in [0.05, 0.1) is 0 Å². The van der Waals surface area contributed by atoms with Crippen LogP contribution in [0.4, 0.5) is 0 Å². The van der Waals surface area contributed by atoms with Crippen LogP contribution in [0.5, 0.6) is 0 Å². The number of hydrogen-bond donors (Lipinski definition) is 0. The molecule has 0 amide bonds. The number of benzene rings is 1. The van der Waals surface area contributed by atoms with Crippen LogP contribution in [0.3, 0.4) is 0 Å². The Morgan fingerprint density at radius 1 is 1.20 bits per heavy atom. The van der Waals surface area contributed by atoms with Crippen LogP contribution >= 0.6 is 0 Å². The van der Waals surface area contributed by atoms with Gasteiger partial charge in [-0.1, -0.05) is 0 Å². The summed E-state index contributed by atoms with van der Waals surface area (Å²) >= 11 is 0.612. The summed E-state index contributed by atoms with van der Waals surface area (Å²) in [6, 6.07) is 8.88. The van der Waals surface area contributed by atoms with Gasteiger partial charge in [-0.25, -0.2) is 0 Å². The van der Waals surface area contributed by atoms with Crippen LogP contribution in [0, 0.1) is 6.92 Å². The van der Waals surface area contributed by atoms with Crippen molar-refractivity contribution in [3.8, 4) is 0 Å². The molecule has 0 aliphatic rings. The average Bonchev–Trinajstić information content (AvgIpc) is 2.33. The molecule has 0 saturated heterocycles. The molecule has 1 aromatic heterocycles. The van der Waals surface area contributed by atoms with Gasteiger partial charge in [0, 0.05) is 0 Å². The van der Waals surface area contributed by atoms with Gasteiger partial charge in [0.25, 0.3) is 0 Å². The van der Waals surface area contributed by atoms with Gasteiger partial charge in [0.2, 0.25) is 0 Å². The zero-order valence-electron chi connectivity index (χ0n) is 5.79. The summed E-state index contributed by atoms with van der Waals surface area (Å²) in [4.78, 5) is 2.27. The van der Waals surface area contributed by atoms with E-state index in [0.717, 1.165) is 0 Å². The molecule has 0 fully saturated rings. The molecule has 2 aromatic rings. The van der Waals surface area contributed by atoms with E-state index in [1.54, 1.807) is 0 Å². The summed E-state index contributed by atoms with van der Waals surface area (Å²) in [5.74, 6) is 0. The molecule has 1 heteroatoms. The van der Waals surface area contributed by atoms with E-state index in [1.807, 2.05) is 0 Å². The summed E-state index contributed by atoms with van der Waals surface area (Å²) in [5, 5.41) is 1.42. The van der Waals surface area contributed by atoms with E-state index in [1.165, 1.54) is 15.2 Å². The second kappa shape index (κ2) is 2.26. The fourth-order valence-electron chi connectivity index (χ4n) is 1.06. The van der Waals surface area contributed by atoms with Crippen molar-refractivity contribution in [2.24, 2.45) is 0 Å². The van der Waals surface area contributed by atoms with Crippen LogP contribution in [0.25, 0.3) is 9.65 Å². The normalized spacial score (nSPS) is 10.5. The van der Waals surface area contributed by atoms with Gasteiger partial charge in [-0.15, -0.1) is 0 Å². The maximum absolute atomic E-state index is 2.29. The predicted molar refractivity (Wildman–Crippen MR) is 45.6 cm³/mol. The molecule has 1 aromatic carbocycles. The van der Waals surface area contributed by atoms with Crippen molar-refractivity contribution in [3.05, 3.63) is 34.8 Å². The second-order valence-corrected chi connectivity index (χ2v) is 4.45. The van der Waals surface area contributed by atoms with E-state index in [9.17, 15) is 0 Å². The molecule has 1 heterocycles. The summed E-state index contributed by atoms with van der Waals surface area (Å²) in [5.41, 5.74) is 1.38. The zero-order valence-corrected chi connectivity index (χ0v) is 7.51. The Morgan fingerprint density at radius 3 is 3.00 bits per heavy atom. The Bertz CT molecular complexity index is 346. The molecular weight excluding hydrogens is 187 g/mol. The van der Waals surface area contributed by atoms with Crippen molar-refractivity contribution < 1.29 is 0 Å². The van der Waals surface area contributed by atoms with Crippen LogP contribution in [0.1, 0.15) is 5.56 Å². The second-order valence-electron chi connectivity index (χ2n) is 2.46. The third kappa shape index (κ3) is 0.920. The molecular formula is C9H8Se. The van der Waals surface area contributed by atoms with Crippen molar-refractivity contribution in [1.29, 1.82) is 0 Å². The Kier molecular flexibility index (Phi) is 1.40. The van der Waals surface area contributed by atoms with Crippen LogP contribution in [0.15, 0.2) is 29.2 Å². The number of hydrogen-bond acceptors (Lipinski definition) is 0. The van der Waals surface area contributed by atoms with Crippen molar-refractivity contribution in [3.63, 3.8) is 0 Å². The third-order valence-corrected chi connectivity index (χ3v) is 3.46. The predicted octanol–water partition coefficient (Wildman–Crippen LogP) is 2.21. The standard InChI is InChI=1S/C9H8Se/c1-7-2-3-8-4-5-10-9(8)6-7/h2-6H,1H3. The van der Waals surface area contributed by atoms with E-state index >= 15 is 0 Å². The Balaban J connectivity index is 2.86. The van der Waals surface area contributed by atoms with Crippen molar-refractivity contribution in [2.75, 3.05) is 0 Å². The van der Waals surface area contributed by atoms with Gasteiger partial charge in [0.15, 0.2) is 0 Å². The van der Waals surface area contributed by atoms with Gasteiger partial charge in [-0.2, -0.15) is 0 Å². The van der Waals surface area contributed by atoms with Crippen LogP contribution in [-0.2, 0) is 0 Å². The van der Waals surface area contributed by atoms with Crippen molar-refractivity contribution in [1.82, 2.24) is 0 Å². The maximum atomic E-state index is 2.29. The minimum absolute atomic E-state index is 0.612. The number of rotatable bonds is 0. The summed E-state index contributed by atoms with van der Waals surface area (Å²) < 4.78 is 1.53. The molecule has 0 unspecified atom stereocenters. The van der Waals surface area contributed by atoms with E-state index in [2.05, 4.69) is 36.1 Å². The topological polar surface area (TPSA) is 0 Å². The first-order valence-corrected chi connectivity index (χ1v) is 5.15. The zero-order chi connectivity index (χ0) is 6.97. The first-order chi connectivity index (χ1) is 4.86. The van der Waals surface area contributed by atoms with Crippen molar-refractivity contribution in [2.45, 2.75) is 6.92 Å². The monoisotopic (exact) mass is 196 g/mol. The molecule has 0 bridgehead atoms. The SMILES string of the molecule is Cc1ccc2cc[se]c2c1. The molecule has 0 saturated carbocycles. The van der Waals surface area contributed by atoms with Crippen molar-refractivity contribution >= 4 is 24.1 Å². The summed E-state index contributed by atoms with van der Waals surface area (Å²) in [7, 11) is 0. The molecule has 10 heavy (non-hydrogen) atoms. The Morgan fingerprint density at radius 2 is 2.10 bits per heavy atom. The van der Waals surface area contributed by atoms with E-state index in [4.69, 9.17) is 0 Å². The summed E-state index contributed by atoms with van der Waals surface area (Å²) in [6.45, 7) is 2.15. The van der Waals surface area contributed by atoms with Gasteiger partial charge < -0.3 is 0 Å². The van der Waals surface area contributed by atoms with Crippen LogP contribution in [0.2, 0.25) is 0 Å². The molecule has 0 N–H and O–H groups in total. The average molecular weight is 195 g/mol. The molecule has 50 valence electrons. The number of fused-ring (bicyclic) bond motifs is 1. The molecule has 0 atom stereocenters. The third-order valence-electron chi connectivity index (χ3n) is 1.61. The minimum atomic E-state index is 0.612. The van der Waals surface area contributed by atoms with Gasteiger partial charge >= 0.3 is 65.8 Å². The van der Waals surface area contributed by atoms with E-state index in [0.29, 0.717) is 14.5 Å².